The number of carbonyl (C=O) groups is 1. The highest BCUT2D eigenvalue weighted by molar-refractivity contribution is 5.83. The Balaban J connectivity index is 1.57. The Morgan fingerprint density at radius 3 is 1.93 bits per heavy atom. The second kappa shape index (κ2) is 7.39. The minimum Gasteiger partial charge on any atom is -0.353 e. The Kier molecular flexibility index (Phi) is 4.74. The second-order valence-electron chi connectivity index (χ2n) is 9.04. The third-order valence-electron chi connectivity index (χ3n) is 7.46. The van der Waals surface area contributed by atoms with Crippen LogP contribution in [0.2, 0.25) is 0 Å². The van der Waals surface area contributed by atoms with Crippen LogP contribution < -0.4 is 5.32 Å². The van der Waals surface area contributed by atoms with Crippen molar-refractivity contribution in [2.45, 2.75) is 69.7 Å². The summed E-state index contributed by atoms with van der Waals surface area (Å²) in [5.74, 6) is 1.35. The monoisotopic (exact) mass is 373 g/mol. The molecular weight excluding hydrogens is 342 g/mol. The molecule has 0 radical (unpaired) electrons. The van der Waals surface area contributed by atoms with E-state index in [1.807, 2.05) is 0 Å². The Labute approximate surface area is 168 Å². The minimum atomic E-state index is 0.0664. The lowest BCUT2D eigenvalue weighted by molar-refractivity contribution is -0.129. The zero-order valence-corrected chi connectivity index (χ0v) is 16.9. The van der Waals surface area contributed by atoms with Crippen molar-refractivity contribution in [3.8, 4) is 0 Å². The Morgan fingerprint density at radius 2 is 1.39 bits per heavy atom. The number of nitrogens with one attached hydrogen (secondary N) is 1. The van der Waals surface area contributed by atoms with Crippen molar-refractivity contribution in [2.75, 3.05) is 0 Å². The topological polar surface area (TPSA) is 29.1 Å². The Hall–Kier alpha value is -2.09. The van der Waals surface area contributed by atoms with Crippen molar-refractivity contribution in [1.82, 2.24) is 5.32 Å². The molecule has 1 N–H and O–H groups in total. The standard InChI is InChI=1S/C26H31NO/c1-2-10-22-23-18-13-6-8-15-20(18)24(21-16-9-7-14-19(21)23)25(22)26(28)27-17-11-4-3-5-12-17/h6-9,13-17,22-25H,2-5,10-12H2,1H3,(H,27,28)/t22-,23?,24?,25-/m0/s1. The third-order valence-corrected chi connectivity index (χ3v) is 7.46. The molecule has 146 valence electrons. The van der Waals surface area contributed by atoms with E-state index in [1.54, 1.807) is 0 Å². The molecule has 2 nitrogen and oxygen atoms in total. The maximum absolute atomic E-state index is 13.6. The van der Waals surface area contributed by atoms with Gasteiger partial charge in [0.05, 0.1) is 5.92 Å². The average Bonchev–Trinajstić information content (AvgIpc) is 2.74. The van der Waals surface area contributed by atoms with Crippen LogP contribution in [0.4, 0.5) is 0 Å². The molecule has 0 spiro atoms. The van der Waals surface area contributed by atoms with E-state index in [2.05, 4.69) is 60.8 Å². The molecule has 6 rings (SSSR count). The summed E-state index contributed by atoms with van der Waals surface area (Å²) in [4.78, 5) is 13.6. The van der Waals surface area contributed by atoms with Gasteiger partial charge in [-0.3, -0.25) is 4.79 Å². The molecule has 4 aliphatic rings. The molecule has 0 aliphatic heterocycles. The third kappa shape index (κ3) is 2.80. The summed E-state index contributed by atoms with van der Waals surface area (Å²) in [6.45, 7) is 2.26. The van der Waals surface area contributed by atoms with Crippen LogP contribution >= 0.6 is 0 Å². The largest absolute Gasteiger partial charge is 0.353 e. The summed E-state index contributed by atoms with van der Waals surface area (Å²) in [5, 5.41) is 3.48. The van der Waals surface area contributed by atoms with Crippen molar-refractivity contribution in [3.63, 3.8) is 0 Å². The highest BCUT2D eigenvalue weighted by Gasteiger charge is 2.51. The van der Waals surface area contributed by atoms with E-state index in [0.717, 1.165) is 25.7 Å². The normalized spacial score (nSPS) is 28.5. The minimum absolute atomic E-state index is 0.0664. The van der Waals surface area contributed by atoms with Crippen LogP contribution in [0.1, 0.15) is 86.0 Å². The summed E-state index contributed by atoms with van der Waals surface area (Å²) >= 11 is 0. The van der Waals surface area contributed by atoms with Crippen LogP contribution in [0, 0.1) is 11.8 Å². The van der Waals surface area contributed by atoms with Gasteiger partial charge in [-0.15, -0.1) is 0 Å². The van der Waals surface area contributed by atoms with Crippen LogP contribution in [-0.2, 0) is 4.79 Å². The van der Waals surface area contributed by atoms with E-state index >= 15 is 0 Å². The molecule has 0 aromatic heterocycles. The van der Waals surface area contributed by atoms with Gasteiger partial charge < -0.3 is 5.32 Å². The van der Waals surface area contributed by atoms with Gasteiger partial charge in [-0.2, -0.15) is 0 Å². The molecule has 4 aliphatic carbocycles. The predicted molar refractivity (Wildman–Crippen MR) is 113 cm³/mol. The van der Waals surface area contributed by atoms with E-state index in [4.69, 9.17) is 0 Å². The van der Waals surface area contributed by atoms with Gasteiger partial charge >= 0.3 is 0 Å². The fraction of sp³-hybridized carbons (Fsp3) is 0.500. The number of hydrogen-bond acceptors (Lipinski definition) is 1. The predicted octanol–water partition coefficient (Wildman–Crippen LogP) is 5.76. The van der Waals surface area contributed by atoms with Crippen LogP contribution in [0.5, 0.6) is 0 Å². The zero-order chi connectivity index (χ0) is 19.1. The van der Waals surface area contributed by atoms with Crippen molar-refractivity contribution >= 4 is 5.91 Å². The fourth-order valence-corrected chi connectivity index (χ4v) is 6.36. The first-order valence-electron chi connectivity index (χ1n) is 11.3. The Bertz CT molecular complexity index is 819. The van der Waals surface area contributed by atoms with Gasteiger partial charge in [0.25, 0.3) is 0 Å². The molecule has 1 saturated carbocycles. The van der Waals surface area contributed by atoms with Crippen LogP contribution in [0.3, 0.4) is 0 Å². The highest BCUT2D eigenvalue weighted by Crippen LogP contribution is 2.59. The molecule has 1 fully saturated rings. The van der Waals surface area contributed by atoms with E-state index in [-0.39, 0.29) is 11.8 Å². The SMILES string of the molecule is CCC[C@H]1C2c3ccccc3C(c3ccccc32)[C@H]1C(=O)NC1CCCCC1. The molecule has 2 aromatic carbocycles. The molecule has 2 heteroatoms. The molecule has 2 bridgehead atoms. The van der Waals surface area contributed by atoms with Gasteiger partial charge in [0.1, 0.15) is 0 Å². The summed E-state index contributed by atoms with van der Waals surface area (Å²) in [5.41, 5.74) is 5.71. The lowest BCUT2D eigenvalue weighted by Crippen LogP contribution is -2.50. The first-order valence-corrected chi connectivity index (χ1v) is 11.3. The number of carbonyl (C=O) groups excluding carboxylic acids is 1. The smallest absolute Gasteiger partial charge is 0.224 e. The zero-order valence-electron chi connectivity index (χ0n) is 16.9. The molecule has 28 heavy (non-hydrogen) atoms. The van der Waals surface area contributed by atoms with Gasteiger partial charge in [-0.25, -0.2) is 0 Å². The molecule has 0 saturated heterocycles. The van der Waals surface area contributed by atoms with Crippen molar-refractivity contribution < 1.29 is 4.79 Å². The number of hydrogen-bond donors (Lipinski definition) is 1. The van der Waals surface area contributed by atoms with Gasteiger partial charge in [0, 0.05) is 17.9 Å². The van der Waals surface area contributed by atoms with E-state index < -0.39 is 0 Å². The molecule has 2 atom stereocenters. The summed E-state index contributed by atoms with van der Waals surface area (Å²) in [7, 11) is 0. The van der Waals surface area contributed by atoms with E-state index in [9.17, 15) is 4.79 Å². The van der Waals surface area contributed by atoms with E-state index in [1.165, 1.54) is 41.5 Å². The maximum atomic E-state index is 13.6. The van der Waals surface area contributed by atoms with Crippen LogP contribution in [0.25, 0.3) is 0 Å². The average molecular weight is 374 g/mol. The fourth-order valence-electron chi connectivity index (χ4n) is 6.36. The number of rotatable bonds is 4. The summed E-state index contributed by atoms with van der Waals surface area (Å²) in [6, 6.07) is 18.2. The summed E-state index contributed by atoms with van der Waals surface area (Å²) in [6.07, 6.45) is 8.38. The number of fused-ring (bicyclic) bond motifs is 1. The molecular formula is C26H31NO. The first kappa shape index (κ1) is 18.0. The number of benzene rings is 2. The van der Waals surface area contributed by atoms with Crippen LogP contribution in [0.15, 0.2) is 48.5 Å². The molecule has 2 aromatic rings. The quantitative estimate of drug-likeness (QED) is 0.725. The van der Waals surface area contributed by atoms with Crippen molar-refractivity contribution in [1.29, 1.82) is 0 Å². The van der Waals surface area contributed by atoms with E-state index in [0.29, 0.717) is 23.8 Å². The lowest BCUT2D eigenvalue weighted by atomic mass is 9.53. The summed E-state index contributed by atoms with van der Waals surface area (Å²) < 4.78 is 0. The lowest BCUT2D eigenvalue weighted by Gasteiger charge is -2.50. The molecule has 0 unspecified atom stereocenters. The van der Waals surface area contributed by atoms with Crippen LogP contribution in [-0.4, -0.2) is 11.9 Å². The maximum Gasteiger partial charge on any atom is 0.224 e. The first-order chi connectivity index (χ1) is 13.8. The molecule has 1 amide bonds. The van der Waals surface area contributed by atoms with Gasteiger partial charge in [-0.1, -0.05) is 81.1 Å². The number of amides is 1. The second-order valence-corrected chi connectivity index (χ2v) is 9.04. The van der Waals surface area contributed by atoms with Gasteiger partial charge in [-0.05, 0) is 47.4 Å². The van der Waals surface area contributed by atoms with Crippen molar-refractivity contribution in [3.05, 3.63) is 70.8 Å². The Morgan fingerprint density at radius 1 is 0.857 bits per heavy atom. The molecule has 0 heterocycles. The van der Waals surface area contributed by atoms with Gasteiger partial charge in [0.15, 0.2) is 0 Å². The van der Waals surface area contributed by atoms with Gasteiger partial charge in [0.2, 0.25) is 5.91 Å². The highest BCUT2D eigenvalue weighted by atomic mass is 16.2. The van der Waals surface area contributed by atoms with Crippen molar-refractivity contribution in [2.24, 2.45) is 11.8 Å².